The van der Waals surface area contributed by atoms with E-state index in [0.717, 1.165) is 16.3 Å². The molecule has 0 aliphatic carbocycles. The topological polar surface area (TPSA) is 104 Å². The van der Waals surface area contributed by atoms with Gasteiger partial charge in [0.15, 0.2) is 0 Å². The summed E-state index contributed by atoms with van der Waals surface area (Å²) in [5.41, 5.74) is 3.03. The summed E-state index contributed by atoms with van der Waals surface area (Å²) in [5.74, 6) is -1.10. The average Bonchev–Trinajstić information content (AvgIpc) is 3.28. The van der Waals surface area contributed by atoms with Gasteiger partial charge < -0.3 is 5.32 Å². The molecule has 0 spiro atoms. The van der Waals surface area contributed by atoms with E-state index in [1.807, 2.05) is 19.1 Å². The molecule has 1 aromatic carbocycles. The summed E-state index contributed by atoms with van der Waals surface area (Å²) in [6.07, 6.45) is 1.99. The zero-order valence-electron chi connectivity index (χ0n) is 16.4. The number of urea groups is 1. The van der Waals surface area contributed by atoms with E-state index in [9.17, 15) is 14.4 Å². The number of imide groups is 1. The first-order valence-electron chi connectivity index (χ1n) is 9.38. The van der Waals surface area contributed by atoms with Crippen LogP contribution in [0.4, 0.5) is 4.79 Å². The van der Waals surface area contributed by atoms with E-state index in [1.165, 1.54) is 0 Å². The van der Waals surface area contributed by atoms with Crippen molar-refractivity contribution in [3.63, 3.8) is 0 Å². The van der Waals surface area contributed by atoms with Crippen molar-refractivity contribution in [1.82, 2.24) is 25.7 Å². The molecule has 2 N–H and O–H groups in total. The van der Waals surface area contributed by atoms with Crippen molar-refractivity contribution in [3.8, 4) is 10.7 Å². The van der Waals surface area contributed by atoms with Gasteiger partial charge in [0.05, 0.1) is 11.4 Å². The second-order valence-corrected chi connectivity index (χ2v) is 7.78. The highest BCUT2D eigenvalue weighted by molar-refractivity contribution is 7.17. The van der Waals surface area contributed by atoms with E-state index in [2.05, 4.69) is 20.7 Å². The monoisotopic (exact) mass is 421 g/mol. The third kappa shape index (κ3) is 3.22. The van der Waals surface area contributed by atoms with Gasteiger partial charge in [0.1, 0.15) is 15.4 Å². The SMILES string of the molecule is CCC1(c2ccccc2)NC(=O)N(NC(=O)c2sc(-c3ccccn3)nc2C)C1=O. The van der Waals surface area contributed by atoms with Crippen LogP contribution in [0.2, 0.25) is 0 Å². The number of amides is 4. The van der Waals surface area contributed by atoms with Crippen LogP contribution in [-0.2, 0) is 10.3 Å². The number of hydrogen-bond acceptors (Lipinski definition) is 6. The smallest absolute Gasteiger partial charge is 0.318 e. The maximum absolute atomic E-state index is 13.2. The van der Waals surface area contributed by atoms with Crippen molar-refractivity contribution in [3.05, 3.63) is 70.9 Å². The maximum atomic E-state index is 13.2. The third-order valence-electron chi connectivity index (χ3n) is 4.99. The van der Waals surface area contributed by atoms with Crippen LogP contribution in [0.5, 0.6) is 0 Å². The van der Waals surface area contributed by atoms with Gasteiger partial charge in [0.25, 0.3) is 11.8 Å². The zero-order chi connectivity index (χ0) is 21.3. The second-order valence-electron chi connectivity index (χ2n) is 6.79. The Hall–Kier alpha value is -3.59. The first-order chi connectivity index (χ1) is 14.5. The Morgan fingerprint density at radius 3 is 2.57 bits per heavy atom. The number of rotatable bonds is 5. The van der Waals surface area contributed by atoms with Crippen LogP contribution in [0.25, 0.3) is 10.7 Å². The van der Waals surface area contributed by atoms with Gasteiger partial charge in [-0.3, -0.25) is 20.0 Å². The molecular weight excluding hydrogens is 402 g/mol. The molecule has 3 aromatic rings. The largest absolute Gasteiger partial charge is 0.344 e. The normalized spacial score (nSPS) is 18.4. The van der Waals surface area contributed by atoms with E-state index in [1.54, 1.807) is 49.5 Å². The van der Waals surface area contributed by atoms with Crippen LogP contribution in [0.3, 0.4) is 0 Å². The maximum Gasteiger partial charge on any atom is 0.344 e. The molecule has 1 atom stereocenters. The number of thiazole rings is 1. The van der Waals surface area contributed by atoms with Gasteiger partial charge in [-0.25, -0.2) is 9.78 Å². The number of aromatic nitrogens is 2. The molecule has 4 rings (SSSR count). The summed E-state index contributed by atoms with van der Waals surface area (Å²) < 4.78 is 0. The Morgan fingerprint density at radius 1 is 1.17 bits per heavy atom. The minimum atomic E-state index is -1.21. The molecule has 1 fully saturated rings. The molecule has 0 radical (unpaired) electrons. The molecule has 0 bridgehead atoms. The molecule has 8 nitrogen and oxygen atoms in total. The first-order valence-corrected chi connectivity index (χ1v) is 10.2. The highest BCUT2D eigenvalue weighted by Gasteiger charge is 2.52. The quantitative estimate of drug-likeness (QED) is 0.616. The number of benzene rings is 1. The van der Waals surface area contributed by atoms with E-state index in [-0.39, 0.29) is 0 Å². The average molecular weight is 421 g/mol. The van der Waals surface area contributed by atoms with E-state index in [0.29, 0.717) is 33.3 Å². The van der Waals surface area contributed by atoms with Crippen molar-refractivity contribution in [2.45, 2.75) is 25.8 Å². The van der Waals surface area contributed by atoms with Crippen LogP contribution in [0, 0.1) is 6.92 Å². The number of aryl methyl sites for hydroxylation is 1. The lowest BCUT2D eigenvalue weighted by Crippen LogP contribution is -2.48. The Balaban J connectivity index is 1.59. The van der Waals surface area contributed by atoms with Crippen molar-refractivity contribution in [2.75, 3.05) is 0 Å². The van der Waals surface area contributed by atoms with E-state index >= 15 is 0 Å². The fourth-order valence-corrected chi connectivity index (χ4v) is 4.33. The van der Waals surface area contributed by atoms with Gasteiger partial charge in [-0.15, -0.1) is 11.3 Å². The first kappa shape index (κ1) is 19.7. The number of nitrogens with one attached hydrogen (secondary N) is 2. The van der Waals surface area contributed by atoms with Crippen molar-refractivity contribution in [2.24, 2.45) is 0 Å². The molecule has 3 heterocycles. The van der Waals surface area contributed by atoms with Crippen LogP contribution in [0.15, 0.2) is 54.7 Å². The molecule has 0 saturated carbocycles. The number of carbonyl (C=O) groups excluding carboxylic acids is 3. The summed E-state index contributed by atoms with van der Waals surface area (Å²) in [5, 5.41) is 4.07. The van der Waals surface area contributed by atoms with Gasteiger partial charge in [-0.1, -0.05) is 43.3 Å². The van der Waals surface area contributed by atoms with Gasteiger partial charge >= 0.3 is 6.03 Å². The molecule has 2 aromatic heterocycles. The Morgan fingerprint density at radius 2 is 1.90 bits per heavy atom. The highest BCUT2D eigenvalue weighted by atomic mass is 32.1. The van der Waals surface area contributed by atoms with Gasteiger partial charge in [-0.2, -0.15) is 5.01 Å². The van der Waals surface area contributed by atoms with E-state index in [4.69, 9.17) is 0 Å². The van der Waals surface area contributed by atoms with Gasteiger partial charge in [0.2, 0.25) is 0 Å². The van der Waals surface area contributed by atoms with Crippen LogP contribution >= 0.6 is 11.3 Å². The molecular formula is C21H19N5O3S. The van der Waals surface area contributed by atoms with Gasteiger partial charge in [0, 0.05) is 6.20 Å². The van der Waals surface area contributed by atoms with E-state index < -0.39 is 23.4 Å². The lowest BCUT2D eigenvalue weighted by Gasteiger charge is -2.25. The Bertz CT molecular complexity index is 1120. The Labute approximate surface area is 176 Å². The van der Waals surface area contributed by atoms with Crippen molar-refractivity contribution in [1.29, 1.82) is 0 Å². The molecule has 9 heteroatoms. The number of carbonyl (C=O) groups is 3. The number of hydrogen-bond donors (Lipinski definition) is 2. The van der Waals surface area contributed by atoms with Crippen LogP contribution in [-0.4, -0.2) is 32.8 Å². The van der Waals surface area contributed by atoms with Crippen LogP contribution < -0.4 is 10.7 Å². The summed E-state index contributed by atoms with van der Waals surface area (Å²) >= 11 is 1.15. The van der Waals surface area contributed by atoms with Crippen LogP contribution in [0.1, 0.15) is 34.3 Å². The third-order valence-corrected chi connectivity index (χ3v) is 6.17. The lowest BCUT2D eigenvalue weighted by atomic mass is 9.87. The van der Waals surface area contributed by atoms with Crippen molar-refractivity contribution < 1.29 is 14.4 Å². The number of hydrazine groups is 1. The summed E-state index contributed by atoms with van der Waals surface area (Å²) in [6.45, 7) is 3.51. The summed E-state index contributed by atoms with van der Waals surface area (Å²) in [7, 11) is 0. The predicted molar refractivity (Wildman–Crippen MR) is 111 cm³/mol. The number of pyridine rings is 1. The number of nitrogens with zero attached hydrogens (tertiary/aromatic N) is 3. The fourth-order valence-electron chi connectivity index (χ4n) is 3.40. The standard InChI is InChI=1S/C21H19N5O3S/c1-3-21(14-9-5-4-6-10-14)19(28)26(20(29)24-21)25-17(27)16-13(2)23-18(30-16)15-11-7-8-12-22-15/h4-12H,3H2,1-2H3,(H,24,29)(H,25,27). The molecule has 1 saturated heterocycles. The minimum Gasteiger partial charge on any atom is -0.318 e. The highest BCUT2D eigenvalue weighted by Crippen LogP contribution is 2.32. The van der Waals surface area contributed by atoms with Crippen molar-refractivity contribution >= 4 is 29.2 Å². The lowest BCUT2D eigenvalue weighted by molar-refractivity contribution is -0.133. The minimum absolute atomic E-state index is 0.310. The zero-order valence-corrected chi connectivity index (χ0v) is 17.2. The Kier molecular flexibility index (Phi) is 5.04. The molecule has 1 unspecified atom stereocenters. The molecule has 30 heavy (non-hydrogen) atoms. The summed E-state index contributed by atoms with van der Waals surface area (Å²) in [6, 6.07) is 13.7. The molecule has 4 amide bonds. The second kappa shape index (κ2) is 7.68. The predicted octanol–water partition coefficient (Wildman–Crippen LogP) is 3.02. The summed E-state index contributed by atoms with van der Waals surface area (Å²) in [4.78, 5) is 47.5. The molecule has 152 valence electrons. The van der Waals surface area contributed by atoms with Gasteiger partial charge in [-0.05, 0) is 31.0 Å². The fraction of sp³-hybridized carbons (Fsp3) is 0.190. The molecule has 1 aliphatic heterocycles. The molecule has 1 aliphatic rings.